The van der Waals surface area contributed by atoms with Gasteiger partial charge in [0.25, 0.3) is 0 Å². The Morgan fingerprint density at radius 2 is 2.20 bits per heavy atom. The highest BCUT2D eigenvalue weighted by Crippen LogP contribution is 2.29. The summed E-state index contributed by atoms with van der Waals surface area (Å²) in [7, 11) is 0. The summed E-state index contributed by atoms with van der Waals surface area (Å²) in [5.41, 5.74) is 5.71. The van der Waals surface area contributed by atoms with E-state index in [9.17, 15) is 4.79 Å². The molecular weight excluding hydrogens is 274 g/mol. The molecule has 2 heterocycles. The first-order valence-electron chi connectivity index (χ1n) is 6.58. The predicted octanol–water partition coefficient (Wildman–Crippen LogP) is 1.77. The SMILES string of the molecule is CCc1cc2c(NCC(=O)NC(C)C)nc(N)nc2s1. The molecule has 7 heteroatoms. The van der Waals surface area contributed by atoms with Crippen LogP contribution < -0.4 is 16.4 Å². The van der Waals surface area contributed by atoms with Crippen molar-refractivity contribution in [1.29, 1.82) is 0 Å². The van der Waals surface area contributed by atoms with E-state index in [1.807, 2.05) is 19.9 Å². The molecule has 0 radical (unpaired) electrons. The molecule has 0 bridgehead atoms. The molecule has 0 aliphatic rings. The number of carbonyl (C=O) groups is 1. The normalized spacial score (nSPS) is 11.0. The maximum atomic E-state index is 11.7. The van der Waals surface area contributed by atoms with Crippen LogP contribution in [0.3, 0.4) is 0 Å². The highest BCUT2D eigenvalue weighted by molar-refractivity contribution is 7.18. The van der Waals surface area contributed by atoms with Crippen LogP contribution in [0.2, 0.25) is 0 Å². The molecule has 20 heavy (non-hydrogen) atoms. The average Bonchev–Trinajstić information content (AvgIpc) is 2.77. The van der Waals surface area contributed by atoms with Gasteiger partial charge in [0.1, 0.15) is 10.6 Å². The smallest absolute Gasteiger partial charge is 0.239 e. The Kier molecular flexibility index (Phi) is 4.39. The van der Waals surface area contributed by atoms with E-state index in [0.717, 1.165) is 16.6 Å². The van der Waals surface area contributed by atoms with Crippen molar-refractivity contribution in [2.24, 2.45) is 0 Å². The molecule has 0 aromatic carbocycles. The van der Waals surface area contributed by atoms with Crippen LogP contribution in [-0.2, 0) is 11.2 Å². The second-order valence-electron chi connectivity index (χ2n) is 4.79. The number of hydrogen-bond donors (Lipinski definition) is 3. The number of aromatic nitrogens is 2. The zero-order valence-electron chi connectivity index (χ0n) is 11.9. The van der Waals surface area contributed by atoms with Gasteiger partial charge in [-0.15, -0.1) is 11.3 Å². The second kappa shape index (κ2) is 6.04. The van der Waals surface area contributed by atoms with Gasteiger partial charge in [-0.1, -0.05) is 6.92 Å². The molecule has 2 aromatic heterocycles. The maximum Gasteiger partial charge on any atom is 0.239 e. The topological polar surface area (TPSA) is 92.9 Å². The monoisotopic (exact) mass is 293 g/mol. The van der Waals surface area contributed by atoms with Gasteiger partial charge in [-0.05, 0) is 26.3 Å². The number of amides is 1. The summed E-state index contributed by atoms with van der Waals surface area (Å²) in [6, 6.07) is 2.16. The van der Waals surface area contributed by atoms with Gasteiger partial charge >= 0.3 is 0 Å². The first-order chi connectivity index (χ1) is 9.49. The van der Waals surface area contributed by atoms with E-state index in [2.05, 4.69) is 27.5 Å². The number of nitrogens with two attached hydrogens (primary N) is 1. The van der Waals surface area contributed by atoms with E-state index in [0.29, 0.717) is 5.82 Å². The quantitative estimate of drug-likeness (QED) is 0.781. The standard InChI is InChI=1S/C13H19N5OS/c1-4-8-5-9-11(15-6-10(19)16-7(2)3)17-13(14)18-12(9)20-8/h5,7H,4,6H2,1-3H3,(H,16,19)(H3,14,15,17,18). The number of carbonyl (C=O) groups excluding carboxylic acids is 1. The van der Waals surface area contributed by atoms with Crippen LogP contribution in [0.1, 0.15) is 25.6 Å². The molecule has 0 aliphatic heterocycles. The van der Waals surface area contributed by atoms with Crippen LogP contribution in [0.15, 0.2) is 6.07 Å². The number of hydrogen-bond acceptors (Lipinski definition) is 6. The van der Waals surface area contributed by atoms with Crippen LogP contribution in [0.5, 0.6) is 0 Å². The molecule has 0 unspecified atom stereocenters. The first-order valence-corrected chi connectivity index (χ1v) is 7.40. The van der Waals surface area contributed by atoms with Gasteiger partial charge in [0, 0.05) is 10.9 Å². The molecule has 0 saturated carbocycles. The third-order valence-electron chi connectivity index (χ3n) is 2.68. The van der Waals surface area contributed by atoms with E-state index >= 15 is 0 Å². The van der Waals surface area contributed by atoms with Crippen LogP contribution in [-0.4, -0.2) is 28.5 Å². The molecule has 4 N–H and O–H groups in total. The fourth-order valence-corrected chi connectivity index (χ4v) is 2.81. The molecule has 0 aliphatic carbocycles. The Morgan fingerprint density at radius 1 is 1.45 bits per heavy atom. The van der Waals surface area contributed by atoms with Gasteiger partial charge < -0.3 is 16.4 Å². The Hall–Kier alpha value is -1.89. The van der Waals surface area contributed by atoms with E-state index in [4.69, 9.17) is 5.73 Å². The minimum atomic E-state index is -0.0729. The molecule has 6 nitrogen and oxygen atoms in total. The molecule has 1 amide bonds. The van der Waals surface area contributed by atoms with Crippen molar-refractivity contribution in [1.82, 2.24) is 15.3 Å². The Bertz CT molecular complexity index is 622. The lowest BCUT2D eigenvalue weighted by molar-refractivity contribution is -0.119. The summed E-state index contributed by atoms with van der Waals surface area (Å²) in [5, 5.41) is 6.77. The Labute approximate surface area is 121 Å². The van der Waals surface area contributed by atoms with E-state index < -0.39 is 0 Å². The lowest BCUT2D eigenvalue weighted by Gasteiger charge is -2.10. The summed E-state index contributed by atoms with van der Waals surface area (Å²) in [6.45, 7) is 6.10. The van der Waals surface area contributed by atoms with Crippen molar-refractivity contribution in [2.45, 2.75) is 33.2 Å². The van der Waals surface area contributed by atoms with Crippen molar-refractivity contribution in [3.8, 4) is 0 Å². The number of thiophene rings is 1. The fraction of sp³-hybridized carbons (Fsp3) is 0.462. The highest BCUT2D eigenvalue weighted by atomic mass is 32.1. The number of nitrogens with one attached hydrogen (secondary N) is 2. The fourth-order valence-electron chi connectivity index (χ4n) is 1.83. The number of aryl methyl sites for hydroxylation is 1. The number of rotatable bonds is 5. The van der Waals surface area contributed by atoms with Crippen LogP contribution in [0, 0.1) is 0 Å². The lowest BCUT2D eigenvalue weighted by Crippen LogP contribution is -2.35. The minimum Gasteiger partial charge on any atom is -0.368 e. The maximum absolute atomic E-state index is 11.7. The first kappa shape index (κ1) is 14.5. The third kappa shape index (κ3) is 3.36. The molecule has 2 rings (SSSR count). The molecular formula is C13H19N5OS. The van der Waals surface area contributed by atoms with Gasteiger partial charge in [0.2, 0.25) is 11.9 Å². The molecule has 2 aromatic rings. The van der Waals surface area contributed by atoms with E-state index in [1.54, 1.807) is 11.3 Å². The molecule has 0 atom stereocenters. The third-order valence-corrected chi connectivity index (χ3v) is 3.85. The number of nitrogen functional groups attached to an aromatic ring is 1. The number of nitrogens with zero attached hydrogens (tertiary/aromatic N) is 2. The molecule has 108 valence electrons. The molecule has 0 spiro atoms. The molecule has 0 saturated heterocycles. The largest absolute Gasteiger partial charge is 0.368 e. The Morgan fingerprint density at radius 3 is 2.85 bits per heavy atom. The van der Waals surface area contributed by atoms with Crippen molar-refractivity contribution in [2.75, 3.05) is 17.6 Å². The average molecular weight is 293 g/mol. The summed E-state index contributed by atoms with van der Waals surface area (Å²) in [4.78, 5) is 22.1. The van der Waals surface area contributed by atoms with Crippen molar-refractivity contribution < 1.29 is 4.79 Å². The van der Waals surface area contributed by atoms with E-state index in [1.165, 1.54) is 4.88 Å². The predicted molar refractivity (Wildman–Crippen MR) is 83.0 cm³/mol. The van der Waals surface area contributed by atoms with Crippen LogP contribution in [0.4, 0.5) is 11.8 Å². The van der Waals surface area contributed by atoms with Gasteiger partial charge in [0.05, 0.1) is 11.9 Å². The summed E-state index contributed by atoms with van der Waals surface area (Å²) >= 11 is 1.60. The lowest BCUT2D eigenvalue weighted by atomic mass is 10.3. The minimum absolute atomic E-state index is 0.0729. The second-order valence-corrected chi connectivity index (χ2v) is 5.91. The van der Waals surface area contributed by atoms with Crippen LogP contribution >= 0.6 is 11.3 Å². The summed E-state index contributed by atoms with van der Waals surface area (Å²) in [6.07, 6.45) is 0.939. The van der Waals surface area contributed by atoms with Gasteiger partial charge in [-0.3, -0.25) is 4.79 Å². The summed E-state index contributed by atoms with van der Waals surface area (Å²) < 4.78 is 0. The summed E-state index contributed by atoms with van der Waals surface area (Å²) in [5.74, 6) is 0.757. The van der Waals surface area contributed by atoms with Gasteiger partial charge in [0.15, 0.2) is 0 Å². The van der Waals surface area contributed by atoms with Gasteiger partial charge in [-0.2, -0.15) is 4.98 Å². The number of fused-ring (bicyclic) bond motifs is 1. The van der Waals surface area contributed by atoms with Crippen molar-refractivity contribution in [3.63, 3.8) is 0 Å². The van der Waals surface area contributed by atoms with Crippen LogP contribution in [0.25, 0.3) is 10.2 Å². The van der Waals surface area contributed by atoms with Crippen molar-refractivity contribution in [3.05, 3.63) is 10.9 Å². The molecule has 0 fully saturated rings. The van der Waals surface area contributed by atoms with E-state index in [-0.39, 0.29) is 24.4 Å². The van der Waals surface area contributed by atoms with Gasteiger partial charge in [-0.25, -0.2) is 4.98 Å². The zero-order chi connectivity index (χ0) is 14.7. The Balaban J connectivity index is 2.20. The number of anilines is 2. The highest BCUT2D eigenvalue weighted by Gasteiger charge is 2.11. The van der Waals surface area contributed by atoms with Crippen molar-refractivity contribution >= 4 is 39.2 Å². The zero-order valence-corrected chi connectivity index (χ0v) is 12.7.